The number of nitro groups is 2. The van der Waals surface area contributed by atoms with Crippen molar-refractivity contribution in [2.24, 2.45) is 0 Å². The molecule has 0 amide bonds. The van der Waals surface area contributed by atoms with Gasteiger partial charge in [-0.05, 0) is 19.1 Å². The summed E-state index contributed by atoms with van der Waals surface area (Å²) in [5.74, 6) is 1.29. The Morgan fingerprint density at radius 1 is 0.968 bits per heavy atom. The molecular formula is C17H21N7O6S. The van der Waals surface area contributed by atoms with Crippen LogP contribution in [0.1, 0.15) is 5.56 Å². The Labute approximate surface area is 178 Å². The first kappa shape index (κ1) is 22.3. The van der Waals surface area contributed by atoms with Crippen molar-refractivity contribution in [2.45, 2.75) is 11.8 Å². The first-order valence-electron chi connectivity index (χ1n) is 9.22. The van der Waals surface area contributed by atoms with Gasteiger partial charge in [-0.15, -0.1) is 10.2 Å². The second kappa shape index (κ2) is 8.39. The molecule has 0 bridgehead atoms. The molecule has 1 aliphatic rings. The lowest BCUT2D eigenvalue weighted by atomic mass is 10.1. The number of piperazine rings is 1. The third kappa shape index (κ3) is 4.39. The lowest BCUT2D eigenvalue weighted by molar-refractivity contribution is -0.395. The van der Waals surface area contributed by atoms with Gasteiger partial charge in [0.1, 0.15) is 5.56 Å². The van der Waals surface area contributed by atoms with Gasteiger partial charge < -0.3 is 9.80 Å². The van der Waals surface area contributed by atoms with Crippen LogP contribution in [0.3, 0.4) is 0 Å². The van der Waals surface area contributed by atoms with Crippen molar-refractivity contribution in [3.63, 3.8) is 0 Å². The number of benzene rings is 1. The number of sulfonamides is 1. The minimum absolute atomic E-state index is 0.0922. The number of hydrogen-bond acceptors (Lipinski definition) is 10. The highest BCUT2D eigenvalue weighted by Gasteiger charge is 2.33. The summed E-state index contributed by atoms with van der Waals surface area (Å²) in [7, 11) is -0.479. The standard InChI is InChI=1S/C17H21N7O6S/c1-12-14(23(25)26)10-13(11-15(12)24(27)28)31(29,30)22-8-6-21(7-9-22)17-5-4-16(18-19-17)20(2)3/h4-5,10-11H,6-9H2,1-3H3. The van der Waals surface area contributed by atoms with E-state index in [0.717, 1.165) is 16.4 Å². The topological polar surface area (TPSA) is 156 Å². The van der Waals surface area contributed by atoms with Crippen molar-refractivity contribution < 1.29 is 18.3 Å². The molecule has 13 nitrogen and oxygen atoms in total. The van der Waals surface area contributed by atoms with Crippen LogP contribution in [0.25, 0.3) is 0 Å². The lowest BCUT2D eigenvalue weighted by Crippen LogP contribution is -2.49. The van der Waals surface area contributed by atoms with Gasteiger partial charge in [-0.3, -0.25) is 20.2 Å². The third-order valence-electron chi connectivity index (χ3n) is 5.01. The molecule has 0 aliphatic carbocycles. The fourth-order valence-electron chi connectivity index (χ4n) is 3.22. The minimum atomic E-state index is -4.16. The van der Waals surface area contributed by atoms with E-state index in [4.69, 9.17) is 0 Å². The fraction of sp³-hybridized carbons (Fsp3) is 0.412. The first-order valence-corrected chi connectivity index (χ1v) is 10.7. The molecular weight excluding hydrogens is 430 g/mol. The van der Waals surface area contributed by atoms with Gasteiger partial charge in [-0.1, -0.05) is 0 Å². The Hall–Kier alpha value is -3.39. The molecule has 0 N–H and O–H groups in total. The molecule has 2 aromatic rings. The van der Waals surface area contributed by atoms with Gasteiger partial charge in [0.15, 0.2) is 11.6 Å². The summed E-state index contributed by atoms with van der Waals surface area (Å²) in [5.41, 5.74) is -1.41. The number of nitrogens with zero attached hydrogens (tertiary/aromatic N) is 7. The van der Waals surface area contributed by atoms with Gasteiger partial charge in [0, 0.05) is 52.4 Å². The van der Waals surface area contributed by atoms with Gasteiger partial charge in [-0.25, -0.2) is 8.42 Å². The van der Waals surface area contributed by atoms with Crippen LogP contribution in [-0.2, 0) is 10.0 Å². The summed E-state index contributed by atoms with van der Waals surface area (Å²) < 4.78 is 27.2. The molecule has 0 saturated carbocycles. The summed E-state index contributed by atoms with van der Waals surface area (Å²) in [6.07, 6.45) is 0. The maximum absolute atomic E-state index is 13.0. The Morgan fingerprint density at radius 2 is 1.52 bits per heavy atom. The van der Waals surface area contributed by atoms with E-state index in [9.17, 15) is 28.6 Å². The SMILES string of the molecule is Cc1c([N+](=O)[O-])cc(S(=O)(=O)N2CCN(c3ccc(N(C)C)nn3)CC2)cc1[N+](=O)[O-]. The summed E-state index contributed by atoms with van der Waals surface area (Å²) in [6, 6.07) is 5.33. The van der Waals surface area contributed by atoms with E-state index in [2.05, 4.69) is 10.2 Å². The highest BCUT2D eigenvalue weighted by molar-refractivity contribution is 7.89. The average molecular weight is 451 g/mol. The van der Waals surface area contributed by atoms with Crippen molar-refractivity contribution in [3.8, 4) is 0 Å². The Morgan fingerprint density at radius 3 is 1.94 bits per heavy atom. The molecule has 166 valence electrons. The molecule has 2 heterocycles. The van der Waals surface area contributed by atoms with Gasteiger partial charge in [0.25, 0.3) is 11.4 Å². The highest BCUT2D eigenvalue weighted by atomic mass is 32.2. The van der Waals surface area contributed by atoms with Crippen LogP contribution in [-0.4, -0.2) is 73.0 Å². The molecule has 14 heteroatoms. The van der Waals surface area contributed by atoms with Crippen molar-refractivity contribution in [1.29, 1.82) is 0 Å². The molecule has 0 atom stereocenters. The van der Waals surface area contributed by atoms with Crippen molar-refractivity contribution in [3.05, 3.63) is 50.1 Å². The largest absolute Gasteiger partial charge is 0.361 e. The molecule has 31 heavy (non-hydrogen) atoms. The van der Waals surface area contributed by atoms with E-state index in [1.165, 1.54) is 6.92 Å². The lowest BCUT2D eigenvalue weighted by Gasteiger charge is -2.34. The number of rotatable bonds is 6. The van der Waals surface area contributed by atoms with Crippen LogP contribution in [0.2, 0.25) is 0 Å². The third-order valence-corrected chi connectivity index (χ3v) is 6.89. The number of nitro benzene ring substituents is 2. The zero-order valence-electron chi connectivity index (χ0n) is 17.1. The van der Waals surface area contributed by atoms with Gasteiger partial charge in [-0.2, -0.15) is 4.31 Å². The van der Waals surface area contributed by atoms with Crippen molar-refractivity contribution >= 4 is 33.0 Å². The Bertz CT molecular complexity index is 1080. The van der Waals surface area contributed by atoms with Crippen LogP contribution in [0.4, 0.5) is 23.0 Å². The summed E-state index contributed by atoms with van der Waals surface area (Å²) in [5, 5.41) is 30.8. The predicted octanol–water partition coefficient (Wildman–Crippen LogP) is 1.18. The van der Waals surface area contributed by atoms with Crippen LogP contribution in [0.5, 0.6) is 0 Å². The smallest absolute Gasteiger partial charge is 0.280 e. The molecule has 1 aromatic heterocycles. The normalized spacial score (nSPS) is 15.0. The molecule has 0 radical (unpaired) electrons. The van der Waals surface area contributed by atoms with Crippen LogP contribution < -0.4 is 9.80 Å². The predicted molar refractivity (Wildman–Crippen MR) is 112 cm³/mol. The molecule has 1 saturated heterocycles. The quantitative estimate of drug-likeness (QED) is 0.461. The second-order valence-electron chi connectivity index (χ2n) is 7.14. The zero-order chi connectivity index (χ0) is 22.9. The van der Waals surface area contributed by atoms with E-state index >= 15 is 0 Å². The number of aromatic nitrogens is 2. The van der Waals surface area contributed by atoms with Gasteiger partial charge in [0.2, 0.25) is 10.0 Å². The molecule has 3 rings (SSSR count). The van der Waals surface area contributed by atoms with Crippen LogP contribution >= 0.6 is 0 Å². The average Bonchev–Trinajstić information content (AvgIpc) is 2.73. The molecule has 0 unspecified atom stereocenters. The van der Waals surface area contributed by atoms with Crippen LogP contribution in [0.15, 0.2) is 29.2 Å². The highest BCUT2D eigenvalue weighted by Crippen LogP contribution is 2.33. The monoisotopic (exact) mass is 451 g/mol. The summed E-state index contributed by atoms with van der Waals surface area (Å²) in [6.45, 7) is 2.05. The van der Waals surface area contributed by atoms with Gasteiger partial charge in [0.05, 0.1) is 14.7 Å². The Balaban J connectivity index is 1.83. The Kier molecular flexibility index (Phi) is 6.03. The first-order chi connectivity index (χ1) is 14.5. The van der Waals surface area contributed by atoms with E-state index in [1.807, 2.05) is 19.0 Å². The molecule has 1 aliphatic heterocycles. The zero-order valence-corrected chi connectivity index (χ0v) is 17.9. The van der Waals surface area contributed by atoms with E-state index in [-0.39, 0.29) is 18.7 Å². The van der Waals surface area contributed by atoms with Crippen molar-refractivity contribution in [2.75, 3.05) is 50.1 Å². The van der Waals surface area contributed by atoms with E-state index in [1.54, 1.807) is 17.0 Å². The maximum atomic E-state index is 13.0. The maximum Gasteiger partial charge on any atom is 0.280 e. The number of anilines is 2. The molecule has 1 aromatic carbocycles. The summed E-state index contributed by atoms with van der Waals surface area (Å²) in [4.78, 5) is 24.1. The second-order valence-corrected chi connectivity index (χ2v) is 9.07. The number of hydrogen-bond donors (Lipinski definition) is 0. The molecule has 1 fully saturated rings. The fourth-order valence-corrected chi connectivity index (χ4v) is 4.68. The van der Waals surface area contributed by atoms with Crippen molar-refractivity contribution in [1.82, 2.24) is 14.5 Å². The van der Waals surface area contributed by atoms with E-state index < -0.39 is 36.1 Å². The summed E-state index contributed by atoms with van der Waals surface area (Å²) >= 11 is 0. The van der Waals surface area contributed by atoms with Crippen LogP contribution in [0, 0.1) is 27.2 Å². The minimum Gasteiger partial charge on any atom is -0.361 e. The van der Waals surface area contributed by atoms with E-state index in [0.29, 0.717) is 24.7 Å². The molecule has 0 spiro atoms. The van der Waals surface area contributed by atoms with Gasteiger partial charge >= 0.3 is 0 Å².